The fourth-order valence-corrected chi connectivity index (χ4v) is 2.70. The highest BCUT2D eigenvalue weighted by Crippen LogP contribution is 2.20. The summed E-state index contributed by atoms with van der Waals surface area (Å²) in [5.41, 5.74) is 6.83. The van der Waals surface area contributed by atoms with Crippen LogP contribution in [-0.4, -0.2) is 43.5 Å². The largest absolute Gasteiger partial charge is 0.341 e. The Balaban J connectivity index is 2.08. The quantitative estimate of drug-likeness (QED) is 0.848. The van der Waals surface area contributed by atoms with Crippen LogP contribution in [0.25, 0.3) is 0 Å². The summed E-state index contributed by atoms with van der Waals surface area (Å²) in [7, 11) is 1.95. The monoisotopic (exact) mass is 261 g/mol. The van der Waals surface area contributed by atoms with Crippen molar-refractivity contribution in [2.45, 2.75) is 24.8 Å². The van der Waals surface area contributed by atoms with Crippen molar-refractivity contribution in [2.24, 2.45) is 5.73 Å². The van der Waals surface area contributed by atoms with Crippen molar-refractivity contribution in [3.8, 4) is 0 Å². The Morgan fingerprint density at radius 1 is 1.47 bits per heavy atom. The number of piperidine rings is 1. The average Bonchev–Trinajstić information content (AvgIpc) is 2.49. The smallest absolute Gasteiger partial charge is 0.231 e. The minimum absolute atomic E-state index is 0.161. The molecular weight excluding hydrogens is 238 g/mol. The summed E-state index contributed by atoms with van der Waals surface area (Å²) in [5, 5.41) is 3.26. The Bertz CT molecular complexity index is 407. The number of hydrogen-bond donors (Lipinski definition) is 2. The van der Waals surface area contributed by atoms with Crippen molar-refractivity contribution >= 4 is 5.91 Å². The van der Waals surface area contributed by atoms with Crippen LogP contribution in [0.1, 0.15) is 24.3 Å². The second kappa shape index (κ2) is 6.68. The number of rotatable bonds is 4. The van der Waals surface area contributed by atoms with E-state index in [0.29, 0.717) is 12.6 Å². The van der Waals surface area contributed by atoms with Crippen LogP contribution in [0, 0.1) is 0 Å². The number of likely N-dealkylation sites (N-methyl/N-ethyl adjacent to an activating group) is 1. The van der Waals surface area contributed by atoms with E-state index in [4.69, 9.17) is 5.73 Å². The Labute approximate surface area is 115 Å². The molecule has 1 saturated heterocycles. The van der Waals surface area contributed by atoms with Gasteiger partial charge in [0.1, 0.15) is 0 Å². The van der Waals surface area contributed by atoms with E-state index in [0.717, 1.165) is 31.5 Å². The maximum absolute atomic E-state index is 12.6. The average molecular weight is 261 g/mol. The molecule has 1 aromatic carbocycles. The van der Waals surface area contributed by atoms with Crippen molar-refractivity contribution in [3.63, 3.8) is 0 Å². The van der Waals surface area contributed by atoms with Crippen molar-refractivity contribution in [1.29, 1.82) is 0 Å². The predicted molar refractivity (Wildman–Crippen MR) is 76.9 cm³/mol. The molecule has 1 heterocycles. The molecule has 0 unspecified atom stereocenters. The van der Waals surface area contributed by atoms with Crippen LogP contribution in [0.15, 0.2) is 30.3 Å². The number of amides is 1. The van der Waals surface area contributed by atoms with Crippen LogP contribution < -0.4 is 11.1 Å². The van der Waals surface area contributed by atoms with Gasteiger partial charge in [0.15, 0.2) is 0 Å². The first kappa shape index (κ1) is 14.0. The third-order valence-electron chi connectivity index (χ3n) is 3.88. The highest BCUT2D eigenvalue weighted by Gasteiger charge is 2.28. The standard InChI is InChI=1S/C15H23N3O/c1-17-13-8-5-9-18(11-13)15(19)14(10-16)12-6-3-2-4-7-12/h2-4,6-7,13-14,17H,5,8-11,16H2,1H3/t13-,14+/m1/s1. The molecular formula is C15H23N3O. The third-order valence-corrected chi connectivity index (χ3v) is 3.88. The van der Waals surface area contributed by atoms with Gasteiger partial charge in [-0.3, -0.25) is 4.79 Å². The molecule has 1 fully saturated rings. The fraction of sp³-hybridized carbons (Fsp3) is 0.533. The van der Waals surface area contributed by atoms with Gasteiger partial charge in [0.05, 0.1) is 5.92 Å². The van der Waals surface area contributed by atoms with E-state index in [1.807, 2.05) is 42.3 Å². The van der Waals surface area contributed by atoms with Crippen molar-refractivity contribution in [1.82, 2.24) is 10.2 Å². The first-order valence-electron chi connectivity index (χ1n) is 6.97. The molecule has 2 rings (SSSR count). The lowest BCUT2D eigenvalue weighted by Gasteiger charge is -2.34. The zero-order valence-corrected chi connectivity index (χ0v) is 11.5. The molecule has 1 aliphatic rings. The lowest BCUT2D eigenvalue weighted by atomic mass is 9.96. The van der Waals surface area contributed by atoms with E-state index in [2.05, 4.69) is 5.32 Å². The van der Waals surface area contributed by atoms with Crippen molar-refractivity contribution < 1.29 is 4.79 Å². The molecule has 4 nitrogen and oxygen atoms in total. The van der Waals surface area contributed by atoms with Gasteiger partial charge in [0.2, 0.25) is 5.91 Å². The van der Waals surface area contributed by atoms with Crippen molar-refractivity contribution in [2.75, 3.05) is 26.7 Å². The first-order chi connectivity index (χ1) is 9.26. The molecule has 0 bridgehead atoms. The molecule has 3 N–H and O–H groups in total. The van der Waals surface area contributed by atoms with Gasteiger partial charge in [-0.05, 0) is 25.5 Å². The number of nitrogens with two attached hydrogens (primary N) is 1. The van der Waals surface area contributed by atoms with E-state index in [1.54, 1.807) is 0 Å². The number of likely N-dealkylation sites (tertiary alicyclic amines) is 1. The van der Waals surface area contributed by atoms with E-state index < -0.39 is 0 Å². The molecule has 0 aliphatic carbocycles. The number of nitrogens with zero attached hydrogens (tertiary/aromatic N) is 1. The summed E-state index contributed by atoms with van der Waals surface area (Å²) < 4.78 is 0. The number of nitrogens with one attached hydrogen (secondary N) is 1. The zero-order chi connectivity index (χ0) is 13.7. The van der Waals surface area contributed by atoms with E-state index in [1.165, 1.54) is 0 Å². The summed E-state index contributed by atoms with van der Waals surface area (Å²) in [6.45, 7) is 2.00. The molecule has 0 aromatic heterocycles. The Morgan fingerprint density at radius 2 is 2.21 bits per heavy atom. The van der Waals surface area contributed by atoms with Crippen LogP contribution >= 0.6 is 0 Å². The molecule has 0 spiro atoms. The molecule has 1 aliphatic heterocycles. The maximum Gasteiger partial charge on any atom is 0.231 e. The summed E-state index contributed by atoms with van der Waals surface area (Å²) in [6.07, 6.45) is 2.20. The maximum atomic E-state index is 12.6. The molecule has 0 saturated carbocycles. The second-order valence-corrected chi connectivity index (χ2v) is 5.11. The predicted octanol–water partition coefficient (Wildman–Crippen LogP) is 0.939. The molecule has 2 atom stereocenters. The Hall–Kier alpha value is -1.39. The van der Waals surface area contributed by atoms with Gasteiger partial charge in [0.25, 0.3) is 0 Å². The van der Waals surface area contributed by atoms with Crippen LogP contribution in [0.5, 0.6) is 0 Å². The molecule has 0 radical (unpaired) electrons. The van der Waals surface area contributed by atoms with Gasteiger partial charge in [-0.15, -0.1) is 0 Å². The third kappa shape index (κ3) is 3.33. The highest BCUT2D eigenvalue weighted by atomic mass is 16.2. The van der Waals surface area contributed by atoms with E-state index in [-0.39, 0.29) is 11.8 Å². The molecule has 4 heteroatoms. The topological polar surface area (TPSA) is 58.4 Å². The number of carbonyl (C=O) groups excluding carboxylic acids is 1. The molecule has 19 heavy (non-hydrogen) atoms. The summed E-state index contributed by atoms with van der Waals surface area (Å²) in [6, 6.07) is 10.2. The van der Waals surface area contributed by atoms with E-state index >= 15 is 0 Å². The second-order valence-electron chi connectivity index (χ2n) is 5.11. The van der Waals surface area contributed by atoms with Crippen molar-refractivity contribution in [3.05, 3.63) is 35.9 Å². The molecule has 1 amide bonds. The summed E-state index contributed by atoms with van der Waals surface area (Å²) >= 11 is 0. The zero-order valence-electron chi connectivity index (χ0n) is 11.5. The van der Waals surface area contributed by atoms with Gasteiger partial charge in [-0.1, -0.05) is 30.3 Å². The van der Waals surface area contributed by atoms with Crippen LogP contribution in [0.2, 0.25) is 0 Å². The van der Waals surface area contributed by atoms with Crippen LogP contribution in [0.4, 0.5) is 0 Å². The normalized spacial score (nSPS) is 21.2. The van der Waals surface area contributed by atoms with Crippen LogP contribution in [0.3, 0.4) is 0 Å². The Kier molecular flexibility index (Phi) is 4.93. The number of carbonyl (C=O) groups is 1. The van der Waals surface area contributed by atoms with Gasteiger partial charge in [-0.25, -0.2) is 0 Å². The lowest BCUT2D eigenvalue weighted by molar-refractivity contribution is -0.133. The minimum Gasteiger partial charge on any atom is -0.341 e. The van der Waals surface area contributed by atoms with Gasteiger partial charge >= 0.3 is 0 Å². The van der Waals surface area contributed by atoms with Gasteiger partial charge in [-0.2, -0.15) is 0 Å². The minimum atomic E-state index is -0.211. The number of benzene rings is 1. The Morgan fingerprint density at radius 3 is 2.84 bits per heavy atom. The van der Waals surface area contributed by atoms with Crippen LogP contribution in [-0.2, 0) is 4.79 Å². The summed E-state index contributed by atoms with van der Waals surface area (Å²) in [5.74, 6) is -0.0505. The fourth-order valence-electron chi connectivity index (χ4n) is 2.70. The molecule has 1 aromatic rings. The first-order valence-corrected chi connectivity index (χ1v) is 6.97. The van der Waals surface area contributed by atoms with Gasteiger partial charge < -0.3 is 16.0 Å². The van der Waals surface area contributed by atoms with Gasteiger partial charge in [0, 0.05) is 25.7 Å². The van der Waals surface area contributed by atoms with E-state index in [9.17, 15) is 4.79 Å². The number of hydrogen-bond acceptors (Lipinski definition) is 3. The highest BCUT2D eigenvalue weighted by molar-refractivity contribution is 5.84. The lowest BCUT2D eigenvalue weighted by Crippen LogP contribution is -2.49. The SMILES string of the molecule is CN[C@@H]1CCCN(C(=O)[C@@H](CN)c2ccccc2)C1. The molecule has 104 valence electrons. The summed E-state index contributed by atoms with van der Waals surface area (Å²) in [4.78, 5) is 14.6.